The third-order valence-electron chi connectivity index (χ3n) is 1.88. The van der Waals surface area contributed by atoms with E-state index in [0.29, 0.717) is 0 Å². The highest BCUT2D eigenvalue weighted by Crippen LogP contribution is 2.13. The molecule has 0 heterocycles. The van der Waals surface area contributed by atoms with Gasteiger partial charge in [0.1, 0.15) is 0 Å². The number of aliphatic hydroxyl groups is 2. The first-order valence-corrected chi connectivity index (χ1v) is 4.29. The Morgan fingerprint density at radius 3 is 2.40 bits per heavy atom. The Kier molecular flexibility index (Phi) is 3.54. The summed E-state index contributed by atoms with van der Waals surface area (Å²) < 4.78 is 0. The zero-order valence-corrected chi connectivity index (χ0v) is 7.88. The predicted molar refractivity (Wildman–Crippen MR) is 53.0 cm³/mol. The third-order valence-corrected chi connectivity index (χ3v) is 1.88. The molecule has 0 aliphatic heterocycles. The molecular weight excluding hydrogens is 198 g/mol. The second kappa shape index (κ2) is 4.68. The fourth-order valence-electron chi connectivity index (χ4n) is 1.10. The number of hydrogen-bond acceptors (Lipinski definition) is 5. The molecule has 0 aliphatic carbocycles. The van der Waals surface area contributed by atoms with Gasteiger partial charge in [0, 0.05) is 11.3 Å². The number of nitrogen functional groups attached to an aromatic ring is 1. The maximum atomic E-state index is 11.5. The van der Waals surface area contributed by atoms with Crippen molar-refractivity contribution in [3.8, 4) is 0 Å². The van der Waals surface area contributed by atoms with Crippen molar-refractivity contribution in [2.75, 3.05) is 5.73 Å². The second-order valence-corrected chi connectivity index (χ2v) is 3.03. The molecule has 4 N–H and O–H groups in total. The first-order chi connectivity index (χ1) is 7.02. The highest BCUT2D eigenvalue weighted by molar-refractivity contribution is 6.11. The molecular formula is C10H11NO4. The van der Waals surface area contributed by atoms with Gasteiger partial charge >= 0.3 is 0 Å². The normalized spacial score (nSPS) is 10.3. The van der Waals surface area contributed by atoms with Crippen LogP contribution in [0.5, 0.6) is 0 Å². The van der Waals surface area contributed by atoms with Gasteiger partial charge in [-0.1, -0.05) is 12.1 Å². The van der Waals surface area contributed by atoms with Gasteiger partial charge in [0.2, 0.25) is 6.29 Å². The molecule has 15 heavy (non-hydrogen) atoms. The van der Waals surface area contributed by atoms with Crippen LogP contribution in [0.4, 0.5) is 5.69 Å². The fraction of sp³-hybridized carbons (Fsp3) is 0.200. The Hall–Kier alpha value is -1.72. The standard InChI is InChI=1S/C10H11NO4/c11-7-4-2-1-3-6(7)8(12)5-9(13)10(14)15/h1-4,10,14-15H,5,11H2. The van der Waals surface area contributed by atoms with Crippen LogP contribution >= 0.6 is 0 Å². The third kappa shape index (κ3) is 2.87. The van der Waals surface area contributed by atoms with Crippen LogP contribution in [0.1, 0.15) is 16.8 Å². The molecule has 1 aromatic carbocycles. The molecule has 5 heteroatoms. The van der Waals surface area contributed by atoms with Gasteiger partial charge in [-0.05, 0) is 12.1 Å². The van der Waals surface area contributed by atoms with Gasteiger partial charge in [-0.3, -0.25) is 9.59 Å². The number of rotatable bonds is 4. The van der Waals surface area contributed by atoms with Crippen LogP contribution in [0.25, 0.3) is 0 Å². The number of aliphatic hydroxyl groups excluding tert-OH is 1. The minimum absolute atomic E-state index is 0.214. The van der Waals surface area contributed by atoms with Crippen molar-refractivity contribution in [1.29, 1.82) is 0 Å². The van der Waals surface area contributed by atoms with Crippen molar-refractivity contribution in [3.05, 3.63) is 29.8 Å². The SMILES string of the molecule is Nc1ccccc1C(=O)CC(=O)C(O)O. The van der Waals surface area contributed by atoms with Crippen LogP contribution in [-0.2, 0) is 4.79 Å². The smallest absolute Gasteiger partial charge is 0.213 e. The summed E-state index contributed by atoms with van der Waals surface area (Å²) in [5, 5.41) is 17.0. The molecule has 0 fully saturated rings. The van der Waals surface area contributed by atoms with Crippen LogP contribution in [-0.4, -0.2) is 28.1 Å². The molecule has 0 saturated carbocycles. The van der Waals surface area contributed by atoms with E-state index in [9.17, 15) is 9.59 Å². The molecule has 80 valence electrons. The molecule has 0 saturated heterocycles. The minimum Gasteiger partial charge on any atom is -0.398 e. The molecule has 0 bridgehead atoms. The Balaban J connectivity index is 2.79. The van der Waals surface area contributed by atoms with E-state index in [1.165, 1.54) is 12.1 Å². The average Bonchev–Trinajstić information content (AvgIpc) is 2.18. The monoisotopic (exact) mass is 209 g/mol. The number of carbonyl (C=O) groups excluding carboxylic acids is 2. The van der Waals surface area contributed by atoms with Crippen molar-refractivity contribution < 1.29 is 19.8 Å². The number of hydrogen-bond donors (Lipinski definition) is 3. The van der Waals surface area contributed by atoms with E-state index in [4.69, 9.17) is 15.9 Å². The van der Waals surface area contributed by atoms with Crippen LogP contribution in [0.3, 0.4) is 0 Å². The molecule has 0 atom stereocenters. The number of para-hydroxylation sites is 1. The fourth-order valence-corrected chi connectivity index (χ4v) is 1.10. The number of ketones is 2. The molecule has 5 nitrogen and oxygen atoms in total. The van der Waals surface area contributed by atoms with Crippen molar-refractivity contribution >= 4 is 17.3 Å². The number of Topliss-reactive ketones (excluding diaryl/α,β-unsaturated/α-hetero) is 2. The van der Waals surface area contributed by atoms with E-state index in [2.05, 4.69) is 0 Å². The Morgan fingerprint density at radius 2 is 1.87 bits per heavy atom. The topological polar surface area (TPSA) is 101 Å². The number of benzene rings is 1. The summed E-state index contributed by atoms with van der Waals surface area (Å²) in [6.07, 6.45) is -2.68. The quantitative estimate of drug-likeness (QED) is 0.274. The van der Waals surface area contributed by atoms with Crippen LogP contribution in [0.2, 0.25) is 0 Å². The highest BCUT2D eigenvalue weighted by Gasteiger charge is 2.18. The summed E-state index contributed by atoms with van der Waals surface area (Å²) in [6, 6.07) is 6.29. The summed E-state index contributed by atoms with van der Waals surface area (Å²) >= 11 is 0. The van der Waals surface area contributed by atoms with Gasteiger partial charge in [0.05, 0.1) is 6.42 Å². The minimum atomic E-state index is -2.11. The van der Waals surface area contributed by atoms with Gasteiger partial charge in [-0.25, -0.2) is 0 Å². The van der Waals surface area contributed by atoms with Gasteiger partial charge in [0.15, 0.2) is 11.6 Å². The molecule has 0 unspecified atom stereocenters. The summed E-state index contributed by atoms with van der Waals surface area (Å²) in [5.41, 5.74) is 6.00. The molecule has 0 aliphatic rings. The zero-order valence-electron chi connectivity index (χ0n) is 7.88. The van der Waals surface area contributed by atoms with Gasteiger partial charge in [-0.2, -0.15) is 0 Å². The molecule has 0 aromatic heterocycles. The Morgan fingerprint density at radius 1 is 1.27 bits per heavy atom. The Bertz CT molecular complexity index is 387. The van der Waals surface area contributed by atoms with E-state index >= 15 is 0 Å². The Labute approximate surface area is 86.1 Å². The van der Waals surface area contributed by atoms with Crippen molar-refractivity contribution in [3.63, 3.8) is 0 Å². The van der Waals surface area contributed by atoms with Gasteiger partial charge in [-0.15, -0.1) is 0 Å². The first kappa shape index (κ1) is 11.4. The maximum Gasteiger partial charge on any atom is 0.213 e. The maximum absolute atomic E-state index is 11.5. The zero-order chi connectivity index (χ0) is 11.4. The number of anilines is 1. The van der Waals surface area contributed by atoms with E-state index in [0.717, 1.165) is 0 Å². The second-order valence-electron chi connectivity index (χ2n) is 3.03. The summed E-state index contributed by atoms with van der Waals surface area (Å²) in [6.45, 7) is 0. The predicted octanol–water partition coefficient (Wildman–Crippen LogP) is -0.279. The van der Waals surface area contributed by atoms with Crippen molar-refractivity contribution in [2.24, 2.45) is 0 Å². The van der Waals surface area contributed by atoms with E-state index < -0.39 is 24.3 Å². The first-order valence-electron chi connectivity index (χ1n) is 4.29. The summed E-state index contributed by atoms with van der Waals surface area (Å²) in [4.78, 5) is 22.3. The van der Waals surface area contributed by atoms with Crippen molar-refractivity contribution in [2.45, 2.75) is 12.7 Å². The molecule has 0 amide bonds. The molecule has 0 spiro atoms. The lowest BCUT2D eigenvalue weighted by Gasteiger charge is -2.04. The van der Waals surface area contributed by atoms with Crippen molar-refractivity contribution in [1.82, 2.24) is 0 Å². The summed E-state index contributed by atoms with van der Waals surface area (Å²) in [5.74, 6) is -1.46. The van der Waals surface area contributed by atoms with Gasteiger partial charge in [0.25, 0.3) is 0 Å². The molecule has 1 rings (SSSR count). The van der Waals surface area contributed by atoms with E-state index in [1.54, 1.807) is 12.1 Å². The lowest BCUT2D eigenvalue weighted by atomic mass is 10.0. The van der Waals surface area contributed by atoms with E-state index in [1.807, 2.05) is 0 Å². The molecule has 1 aromatic rings. The van der Waals surface area contributed by atoms with Crippen LogP contribution < -0.4 is 5.73 Å². The number of nitrogens with two attached hydrogens (primary N) is 1. The molecule has 0 radical (unpaired) electrons. The van der Waals surface area contributed by atoms with Crippen LogP contribution in [0.15, 0.2) is 24.3 Å². The number of carbonyl (C=O) groups is 2. The highest BCUT2D eigenvalue weighted by atomic mass is 16.5. The van der Waals surface area contributed by atoms with Gasteiger partial charge < -0.3 is 15.9 Å². The largest absolute Gasteiger partial charge is 0.398 e. The summed E-state index contributed by atoms with van der Waals surface area (Å²) in [7, 11) is 0. The van der Waals surface area contributed by atoms with E-state index in [-0.39, 0.29) is 11.3 Å². The van der Waals surface area contributed by atoms with Crippen LogP contribution in [0, 0.1) is 0 Å². The lowest BCUT2D eigenvalue weighted by molar-refractivity contribution is -0.143. The average molecular weight is 209 g/mol. The lowest BCUT2D eigenvalue weighted by Crippen LogP contribution is -2.22.